The SMILES string of the molecule is CC(NCCSc1nnnn1C1CC1)c1cccs1. The van der Waals surface area contributed by atoms with Crippen LogP contribution in [0.1, 0.15) is 36.7 Å². The van der Waals surface area contributed by atoms with Gasteiger partial charge in [-0.05, 0) is 41.6 Å². The topological polar surface area (TPSA) is 55.6 Å². The van der Waals surface area contributed by atoms with E-state index in [1.54, 1.807) is 23.1 Å². The molecule has 5 nitrogen and oxygen atoms in total. The Labute approximate surface area is 120 Å². The lowest BCUT2D eigenvalue weighted by Gasteiger charge is -2.11. The molecular weight excluding hydrogens is 278 g/mol. The van der Waals surface area contributed by atoms with Crippen LogP contribution >= 0.6 is 23.1 Å². The first-order valence-corrected chi connectivity index (χ1v) is 8.38. The zero-order valence-corrected chi connectivity index (χ0v) is 12.5. The van der Waals surface area contributed by atoms with Gasteiger partial charge in [-0.2, -0.15) is 0 Å². The molecule has 7 heteroatoms. The number of nitrogens with one attached hydrogen (secondary N) is 1. The molecule has 2 aromatic heterocycles. The number of hydrogen-bond acceptors (Lipinski definition) is 6. The summed E-state index contributed by atoms with van der Waals surface area (Å²) in [6.07, 6.45) is 2.43. The molecule has 0 radical (unpaired) electrons. The van der Waals surface area contributed by atoms with Crippen LogP contribution in [-0.2, 0) is 0 Å². The van der Waals surface area contributed by atoms with Crippen LogP contribution in [0.2, 0.25) is 0 Å². The van der Waals surface area contributed by atoms with Crippen LogP contribution in [0.25, 0.3) is 0 Å². The Hall–Kier alpha value is -0.920. The van der Waals surface area contributed by atoms with Crippen molar-refractivity contribution in [2.45, 2.75) is 37.0 Å². The summed E-state index contributed by atoms with van der Waals surface area (Å²) in [5.41, 5.74) is 0. The minimum absolute atomic E-state index is 0.417. The van der Waals surface area contributed by atoms with Crippen molar-refractivity contribution in [2.24, 2.45) is 0 Å². The summed E-state index contributed by atoms with van der Waals surface area (Å²) in [5.74, 6) is 0.989. The fourth-order valence-electron chi connectivity index (χ4n) is 1.88. The van der Waals surface area contributed by atoms with Crippen LogP contribution in [0.3, 0.4) is 0 Å². The maximum atomic E-state index is 4.08. The lowest BCUT2D eigenvalue weighted by Crippen LogP contribution is -2.20. The monoisotopic (exact) mass is 295 g/mol. The van der Waals surface area contributed by atoms with E-state index in [0.29, 0.717) is 12.1 Å². The van der Waals surface area contributed by atoms with Gasteiger partial charge in [0.15, 0.2) is 0 Å². The van der Waals surface area contributed by atoms with Crippen LogP contribution in [0.4, 0.5) is 0 Å². The Morgan fingerprint density at radius 3 is 3.21 bits per heavy atom. The van der Waals surface area contributed by atoms with Gasteiger partial charge in [0.25, 0.3) is 0 Å². The second kappa shape index (κ2) is 6.02. The quantitative estimate of drug-likeness (QED) is 0.628. The molecule has 1 aliphatic carbocycles. The molecule has 0 spiro atoms. The van der Waals surface area contributed by atoms with Gasteiger partial charge in [0, 0.05) is 23.2 Å². The standard InChI is InChI=1S/C12H17N5S2/c1-9(11-3-2-7-18-11)13-6-8-19-12-14-15-16-17(12)10-4-5-10/h2-3,7,9-10,13H,4-6,8H2,1H3. The van der Waals surface area contributed by atoms with E-state index in [1.165, 1.54) is 17.7 Å². The van der Waals surface area contributed by atoms with Gasteiger partial charge in [-0.3, -0.25) is 0 Å². The molecule has 2 aromatic rings. The largest absolute Gasteiger partial charge is 0.309 e. The maximum Gasteiger partial charge on any atom is 0.209 e. The van der Waals surface area contributed by atoms with Crippen LogP contribution in [0.15, 0.2) is 22.7 Å². The summed E-state index contributed by atoms with van der Waals surface area (Å²) in [5, 5.41) is 18.5. The molecule has 1 N–H and O–H groups in total. The van der Waals surface area contributed by atoms with E-state index in [2.05, 4.69) is 45.3 Å². The highest BCUT2D eigenvalue weighted by atomic mass is 32.2. The summed E-state index contributed by atoms with van der Waals surface area (Å²) in [7, 11) is 0. The van der Waals surface area contributed by atoms with Crippen molar-refractivity contribution in [3.05, 3.63) is 22.4 Å². The Bertz CT molecular complexity index is 506. The first-order valence-electron chi connectivity index (χ1n) is 6.52. The highest BCUT2D eigenvalue weighted by Gasteiger charge is 2.27. The van der Waals surface area contributed by atoms with Gasteiger partial charge in [0.05, 0.1) is 6.04 Å². The van der Waals surface area contributed by atoms with Gasteiger partial charge in [-0.25, -0.2) is 4.68 Å². The molecule has 3 rings (SSSR count). The fraction of sp³-hybridized carbons (Fsp3) is 0.583. The molecule has 102 valence electrons. The number of aromatic nitrogens is 4. The van der Waals surface area contributed by atoms with Gasteiger partial charge < -0.3 is 5.32 Å². The van der Waals surface area contributed by atoms with E-state index in [4.69, 9.17) is 0 Å². The molecule has 1 unspecified atom stereocenters. The molecule has 1 atom stereocenters. The second-order valence-corrected chi connectivity index (χ2v) is 6.72. The molecule has 1 aliphatic rings. The summed E-state index contributed by atoms with van der Waals surface area (Å²) < 4.78 is 1.97. The zero-order chi connectivity index (χ0) is 13.1. The molecule has 2 heterocycles. The van der Waals surface area contributed by atoms with Crippen molar-refractivity contribution in [1.29, 1.82) is 0 Å². The molecule has 0 aliphatic heterocycles. The summed E-state index contributed by atoms with van der Waals surface area (Å²) in [4.78, 5) is 1.38. The van der Waals surface area contributed by atoms with Crippen molar-refractivity contribution in [2.75, 3.05) is 12.3 Å². The number of nitrogens with zero attached hydrogens (tertiary/aromatic N) is 4. The number of hydrogen-bond donors (Lipinski definition) is 1. The van der Waals surface area contributed by atoms with Crippen molar-refractivity contribution >= 4 is 23.1 Å². The molecule has 19 heavy (non-hydrogen) atoms. The third-order valence-electron chi connectivity index (χ3n) is 3.11. The third-order valence-corrected chi connectivity index (χ3v) is 5.10. The summed E-state index contributed by atoms with van der Waals surface area (Å²) >= 11 is 3.52. The van der Waals surface area contributed by atoms with E-state index in [0.717, 1.165) is 17.5 Å². The Morgan fingerprint density at radius 2 is 2.47 bits per heavy atom. The zero-order valence-electron chi connectivity index (χ0n) is 10.8. The number of rotatable bonds is 7. The van der Waals surface area contributed by atoms with Gasteiger partial charge in [-0.15, -0.1) is 16.4 Å². The molecule has 0 amide bonds. The Balaban J connectivity index is 1.42. The first kappa shape index (κ1) is 13.1. The highest BCUT2D eigenvalue weighted by Crippen LogP contribution is 2.36. The molecule has 1 saturated carbocycles. The minimum atomic E-state index is 0.417. The van der Waals surface area contributed by atoms with Crippen LogP contribution in [0.5, 0.6) is 0 Å². The van der Waals surface area contributed by atoms with Gasteiger partial charge in [0.2, 0.25) is 5.16 Å². The average Bonchev–Trinajstić information content (AvgIpc) is 2.95. The van der Waals surface area contributed by atoms with Crippen molar-refractivity contribution in [1.82, 2.24) is 25.5 Å². The number of tetrazole rings is 1. The fourth-order valence-corrected chi connectivity index (χ4v) is 3.46. The number of thiophene rings is 1. The lowest BCUT2D eigenvalue weighted by molar-refractivity contribution is 0.564. The molecule has 0 saturated heterocycles. The number of thioether (sulfide) groups is 1. The van der Waals surface area contributed by atoms with E-state index in [-0.39, 0.29) is 0 Å². The minimum Gasteiger partial charge on any atom is -0.309 e. The van der Waals surface area contributed by atoms with Crippen LogP contribution in [0, 0.1) is 0 Å². The summed E-state index contributed by atoms with van der Waals surface area (Å²) in [6, 6.07) is 5.23. The normalized spacial score (nSPS) is 16.7. The summed E-state index contributed by atoms with van der Waals surface area (Å²) in [6.45, 7) is 3.16. The van der Waals surface area contributed by atoms with E-state index in [1.807, 2.05) is 4.68 Å². The predicted molar refractivity (Wildman–Crippen MR) is 77.5 cm³/mol. The first-order chi connectivity index (χ1) is 9.34. The van der Waals surface area contributed by atoms with E-state index < -0.39 is 0 Å². The Kier molecular flexibility index (Phi) is 4.15. The van der Waals surface area contributed by atoms with Gasteiger partial charge in [0.1, 0.15) is 0 Å². The van der Waals surface area contributed by atoms with Crippen LogP contribution in [-0.4, -0.2) is 32.5 Å². The average molecular weight is 295 g/mol. The van der Waals surface area contributed by atoms with Crippen LogP contribution < -0.4 is 5.32 Å². The van der Waals surface area contributed by atoms with Crippen molar-refractivity contribution < 1.29 is 0 Å². The second-order valence-electron chi connectivity index (χ2n) is 4.68. The lowest BCUT2D eigenvalue weighted by atomic mass is 10.3. The molecular formula is C12H17N5S2. The molecule has 0 bridgehead atoms. The van der Waals surface area contributed by atoms with Gasteiger partial charge >= 0.3 is 0 Å². The molecule has 0 aromatic carbocycles. The van der Waals surface area contributed by atoms with E-state index >= 15 is 0 Å². The predicted octanol–water partition coefficient (Wildman–Crippen LogP) is 2.51. The van der Waals surface area contributed by atoms with Gasteiger partial charge in [-0.1, -0.05) is 17.8 Å². The van der Waals surface area contributed by atoms with Crippen molar-refractivity contribution in [3.8, 4) is 0 Å². The van der Waals surface area contributed by atoms with Crippen molar-refractivity contribution in [3.63, 3.8) is 0 Å². The third kappa shape index (κ3) is 3.34. The molecule has 1 fully saturated rings. The smallest absolute Gasteiger partial charge is 0.209 e. The van der Waals surface area contributed by atoms with E-state index in [9.17, 15) is 0 Å². The highest BCUT2D eigenvalue weighted by molar-refractivity contribution is 7.99. The Morgan fingerprint density at radius 1 is 1.58 bits per heavy atom. The maximum absolute atomic E-state index is 4.08.